The minimum atomic E-state index is 0.208. The first-order valence-electron chi connectivity index (χ1n) is 5.94. The quantitative estimate of drug-likeness (QED) is 0.688. The molecule has 1 aromatic heterocycles. The van der Waals surface area contributed by atoms with E-state index in [9.17, 15) is 0 Å². The Morgan fingerprint density at radius 1 is 1.33 bits per heavy atom. The van der Waals surface area contributed by atoms with E-state index in [2.05, 4.69) is 50.5 Å². The molecule has 1 heterocycles. The average Bonchev–Trinajstić information content (AvgIpc) is 2.40. The SMILES string of the molecule is Cc1cc(C(C)(C)C)n(C2CC(C)C2)n1. The zero-order valence-electron chi connectivity index (χ0n) is 10.5. The lowest BCUT2D eigenvalue weighted by Gasteiger charge is -2.36. The fourth-order valence-corrected chi connectivity index (χ4v) is 2.41. The van der Waals surface area contributed by atoms with Crippen LogP contribution in [0.4, 0.5) is 0 Å². The second kappa shape index (κ2) is 3.36. The predicted octanol–water partition coefficient (Wildman–Crippen LogP) is 3.46. The summed E-state index contributed by atoms with van der Waals surface area (Å²) in [7, 11) is 0. The van der Waals surface area contributed by atoms with Crippen molar-refractivity contribution in [3.8, 4) is 0 Å². The van der Waals surface area contributed by atoms with Crippen LogP contribution >= 0.6 is 0 Å². The summed E-state index contributed by atoms with van der Waals surface area (Å²) in [5.74, 6) is 0.882. The van der Waals surface area contributed by atoms with Gasteiger partial charge in [0.05, 0.1) is 11.7 Å². The highest BCUT2D eigenvalue weighted by atomic mass is 15.3. The van der Waals surface area contributed by atoms with E-state index >= 15 is 0 Å². The molecule has 0 bridgehead atoms. The van der Waals surface area contributed by atoms with Gasteiger partial charge in [0.25, 0.3) is 0 Å². The van der Waals surface area contributed by atoms with E-state index in [1.807, 2.05) is 0 Å². The normalized spacial score (nSPS) is 26.5. The van der Waals surface area contributed by atoms with Gasteiger partial charge in [0.15, 0.2) is 0 Å². The van der Waals surface area contributed by atoms with Crippen molar-refractivity contribution in [3.05, 3.63) is 17.5 Å². The van der Waals surface area contributed by atoms with Gasteiger partial charge in [-0.1, -0.05) is 27.7 Å². The van der Waals surface area contributed by atoms with E-state index in [1.54, 1.807) is 0 Å². The van der Waals surface area contributed by atoms with Gasteiger partial charge in [-0.3, -0.25) is 4.68 Å². The number of nitrogens with zero attached hydrogens (tertiary/aromatic N) is 2. The fourth-order valence-electron chi connectivity index (χ4n) is 2.41. The standard InChI is InChI=1S/C13H22N2/c1-9-6-11(7-9)15-12(13(3,4)5)8-10(2)14-15/h8-9,11H,6-7H2,1-5H3. The molecule has 0 unspecified atom stereocenters. The van der Waals surface area contributed by atoms with Crippen LogP contribution in [-0.2, 0) is 5.41 Å². The summed E-state index contributed by atoms with van der Waals surface area (Å²) in [6, 6.07) is 2.89. The van der Waals surface area contributed by atoms with E-state index in [-0.39, 0.29) is 5.41 Å². The van der Waals surface area contributed by atoms with Gasteiger partial charge in [0, 0.05) is 11.1 Å². The smallest absolute Gasteiger partial charge is 0.0596 e. The van der Waals surface area contributed by atoms with Gasteiger partial charge in [0.2, 0.25) is 0 Å². The van der Waals surface area contributed by atoms with Crippen molar-refractivity contribution in [2.75, 3.05) is 0 Å². The Balaban J connectivity index is 2.30. The molecule has 2 nitrogen and oxygen atoms in total. The summed E-state index contributed by atoms with van der Waals surface area (Å²) < 4.78 is 2.27. The third kappa shape index (κ3) is 1.95. The molecular weight excluding hydrogens is 184 g/mol. The third-order valence-corrected chi connectivity index (χ3v) is 3.32. The largest absolute Gasteiger partial charge is 0.266 e. The topological polar surface area (TPSA) is 17.8 Å². The Bertz CT molecular complexity index is 351. The zero-order chi connectivity index (χ0) is 11.2. The van der Waals surface area contributed by atoms with Crippen LogP contribution in [0.1, 0.15) is 58.0 Å². The van der Waals surface area contributed by atoms with Crippen molar-refractivity contribution in [1.82, 2.24) is 9.78 Å². The molecule has 1 saturated carbocycles. The first-order chi connectivity index (χ1) is 6.88. The molecule has 0 atom stereocenters. The number of hydrogen-bond donors (Lipinski definition) is 0. The van der Waals surface area contributed by atoms with Crippen LogP contribution in [0.3, 0.4) is 0 Å². The first kappa shape index (κ1) is 10.7. The van der Waals surface area contributed by atoms with Crippen molar-refractivity contribution in [2.45, 2.75) is 58.9 Å². The van der Waals surface area contributed by atoms with Crippen molar-refractivity contribution in [2.24, 2.45) is 5.92 Å². The highest BCUT2D eigenvalue weighted by Gasteiger charge is 2.31. The zero-order valence-corrected chi connectivity index (χ0v) is 10.5. The van der Waals surface area contributed by atoms with Crippen molar-refractivity contribution in [3.63, 3.8) is 0 Å². The molecule has 0 aliphatic heterocycles. The lowest BCUT2D eigenvalue weighted by molar-refractivity contribution is 0.190. The summed E-state index contributed by atoms with van der Waals surface area (Å²) in [4.78, 5) is 0. The second-order valence-corrected chi connectivity index (χ2v) is 6.10. The van der Waals surface area contributed by atoms with Crippen LogP contribution < -0.4 is 0 Å². The maximum Gasteiger partial charge on any atom is 0.0596 e. The second-order valence-electron chi connectivity index (χ2n) is 6.10. The summed E-state index contributed by atoms with van der Waals surface area (Å²) in [5, 5.41) is 4.65. The van der Waals surface area contributed by atoms with Gasteiger partial charge in [-0.25, -0.2) is 0 Å². The molecule has 15 heavy (non-hydrogen) atoms. The summed E-state index contributed by atoms with van der Waals surface area (Å²) in [5.41, 5.74) is 2.75. The summed E-state index contributed by atoms with van der Waals surface area (Å²) >= 11 is 0. The minimum Gasteiger partial charge on any atom is -0.266 e. The molecule has 2 rings (SSSR count). The monoisotopic (exact) mass is 206 g/mol. The van der Waals surface area contributed by atoms with E-state index in [4.69, 9.17) is 0 Å². The van der Waals surface area contributed by atoms with Crippen LogP contribution in [0.15, 0.2) is 6.07 Å². The van der Waals surface area contributed by atoms with E-state index in [0.29, 0.717) is 6.04 Å². The van der Waals surface area contributed by atoms with Crippen LogP contribution in [0.2, 0.25) is 0 Å². The Morgan fingerprint density at radius 3 is 2.40 bits per heavy atom. The molecule has 0 spiro atoms. The maximum absolute atomic E-state index is 4.65. The number of hydrogen-bond acceptors (Lipinski definition) is 1. The summed E-state index contributed by atoms with van der Waals surface area (Å²) in [6.45, 7) is 11.2. The van der Waals surface area contributed by atoms with Gasteiger partial charge in [-0.15, -0.1) is 0 Å². The molecule has 0 aromatic carbocycles. The Kier molecular flexibility index (Phi) is 2.40. The maximum atomic E-state index is 4.65. The van der Waals surface area contributed by atoms with E-state index in [0.717, 1.165) is 11.6 Å². The molecule has 1 aliphatic carbocycles. The average molecular weight is 206 g/mol. The number of aromatic nitrogens is 2. The van der Waals surface area contributed by atoms with Gasteiger partial charge < -0.3 is 0 Å². The number of aryl methyl sites for hydroxylation is 1. The molecule has 1 aliphatic rings. The van der Waals surface area contributed by atoms with Gasteiger partial charge in [0.1, 0.15) is 0 Å². The Morgan fingerprint density at radius 2 is 1.93 bits per heavy atom. The van der Waals surface area contributed by atoms with Gasteiger partial charge in [-0.05, 0) is 31.7 Å². The highest BCUT2D eigenvalue weighted by molar-refractivity contribution is 5.18. The molecule has 0 N–H and O–H groups in total. The molecule has 1 aromatic rings. The summed E-state index contributed by atoms with van der Waals surface area (Å²) in [6.07, 6.45) is 2.59. The highest BCUT2D eigenvalue weighted by Crippen LogP contribution is 2.39. The van der Waals surface area contributed by atoms with Gasteiger partial charge >= 0.3 is 0 Å². The van der Waals surface area contributed by atoms with E-state index < -0.39 is 0 Å². The molecule has 0 saturated heterocycles. The number of rotatable bonds is 1. The Labute approximate surface area is 92.7 Å². The van der Waals surface area contributed by atoms with Crippen LogP contribution in [-0.4, -0.2) is 9.78 Å². The molecular formula is C13H22N2. The van der Waals surface area contributed by atoms with Crippen LogP contribution in [0.25, 0.3) is 0 Å². The first-order valence-corrected chi connectivity index (χ1v) is 5.94. The van der Waals surface area contributed by atoms with Crippen molar-refractivity contribution >= 4 is 0 Å². The Hall–Kier alpha value is -0.790. The van der Waals surface area contributed by atoms with Crippen molar-refractivity contribution in [1.29, 1.82) is 0 Å². The molecule has 84 valence electrons. The van der Waals surface area contributed by atoms with Crippen LogP contribution in [0.5, 0.6) is 0 Å². The fraction of sp³-hybridized carbons (Fsp3) is 0.769. The van der Waals surface area contributed by atoms with Gasteiger partial charge in [-0.2, -0.15) is 5.10 Å². The third-order valence-electron chi connectivity index (χ3n) is 3.32. The molecule has 0 amide bonds. The molecule has 0 radical (unpaired) electrons. The predicted molar refractivity (Wildman–Crippen MR) is 63.1 cm³/mol. The molecule has 2 heteroatoms. The van der Waals surface area contributed by atoms with E-state index in [1.165, 1.54) is 18.5 Å². The molecule has 1 fully saturated rings. The lowest BCUT2D eigenvalue weighted by atomic mass is 9.81. The van der Waals surface area contributed by atoms with Crippen LogP contribution in [0, 0.1) is 12.8 Å². The van der Waals surface area contributed by atoms with Crippen molar-refractivity contribution < 1.29 is 0 Å². The lowest BCUT2D eigenvalue weighted by Crippen LogP contribution is -2.30. The minimum absolute atomic E-state index is 0.208.